The second kappa shape index (κ2) is 6.65. The maximum Gasteiger partial charge on any atom is 0.251 e. The molecule has 0 saturated carbocycles. The Labute approximate surface area is 117 Å². The van der Waals surface area contributed by atoms with Gasteiger partial charge in [-0.25, -0.2) is 0 Å². The summed E-state index contributed by atoms with van der Waals surface area (Å²) in [5.74, 6) is 0.295. The molecule has 0 aliphatic carbocycles. The van der Waals surface area contributed by atoms with Gasteiger partial charge in [-0.3, -0.25) is 4.79 Å². The van der Waals surface area contributed by atoms with Gasteiger partial charge in [-0.1, -0.05) is 12.1 Å². The number of amides is 1. The minimum Gasteiger partial charge on any atom is -0.385 e. The summed E-state index contributed by atoms with van der Waals surface area (Å²) in [6.45, 7) is 4.83. The molecular formula is C13H18N6O. The summed E-state index contributed by atoms with van der Waals surface area (Å²) in [6, 6.07) is 7.07. The number of H-pyrrole nitrogens is 1. The normalized spacial score (nSPS) is 11.9. The van der Waals surface area contributed by atoms with Crippen molar-refractivity contribution in [1.29, 1.82) is 0 Å². The zero-order valence-electron chi connectivity index (χ0n) is 11.6. The lowest BCUT2D eigenvalue weighted by molar-refractivity contribution is 0.0938. The molecule has 1 aromatic heterocycles. The number of rotatable bonds is 6. The van der Waals surface area contributed by atoms with Crippen LogP contribution in [0.2, 0.25) is 0 Å². The van der Waals surface area contributed by atoms with E-state index >= 15 is 0 Å². The van der Waals surface area contributed by atoms with Gasteiger partial charge in [0.15, 0.2) is 5.82 Å². The summed E-state index contributed by atoms with van der Waals surface area (Å²) in [7, 11) is 0. The Kier molecular flexibility index (Phi) is 4.65. The Morgan fingerprint density at radius 3 is 2.70 bits per heavy atom. The zero-order valence-corrected chi connectivity index (χ0v) is 11.6. The molecule has 3 N–H and O–H groups in total. The number of tetrazole rings is 1. The van der Waals surface area contributed by atoms with Crippen LogP contribution in [0.1, 0.15) is 42.5 Å². The van der Waals surface area contributed by atoms with Crippen molar-refractivity contribution < 1.29 is 4.79 Å². The first kappa shape index (κ1) is 14.0. The van der Waals surface area contributed by atoms with Gasteiger partial charge in [-0.15, -0.1) is 10.2 Å². The van der Waals surface area contributed by atoms with E-state index in [2.05, 4.69) is 38.2 Å². The third kappa shape index (κ3) is 3.53. The van der Waals surface area contributed by atoms with Crippen LogP contribution in [-0.2, 0) is 0 Å². The minimum atomic E-state index is -0.292. The number of nitrogens with one attached hydrogen (secondary N) is 3. The lowest BCUT2D eigenvalue weighted by Gasteiger charge is -2.10. The maximum atomic E-state index is 12.1. The predicted octanol–water partition coefficient (Wildman–Crippen LogP) is 1.51. The number of nitrogens with zero attached hydrogens (tertiary/aromatic N) is 3. The fourth-order valence-electron chi connectivity index (χ4n) is 1.71. The molecule has 106 valence electrons. The van der Waals surface area contributed by atoms with Gasteiger partial charge in [-0.2, -0.15) is 5.21 Å². The van der Waals surface area contributed by atoms with Crippen LogP contribution in [0.5, 0.6) is 0 Å². The summed E-state index contributed by atoms with van der Waals surface area (Å²) >= 11 is 0. The van der Waals surface area contributed by atoms with Crippen LogP contribution in [-0.4, -0.2) is 33.1 Å². The Morgan fingerprint density at radius 1 is 1.35 bits per heavy atom. The zero-order chi connectivity index (χ0) is 14.4. The van der Waals surface area contributed by atoms with Gasteiger partial charge in [0.2, 0.25) is 0 Å². The third-order valence-corrected chi connectivity index (χ3v) is 2.82. The summed E-state index contributed by atoms with van der Waals surface area (Å²) in [4.78, 5) is 12.1. The smallest absolute Gasteiger partial charge is 0.251 e. The van der Waals surface area contributed by atoms with Crippen LogP contribution >= 0.6 is 0 Å². The molecule has 0 spiro atoms. The average molecular weight is 274 g/mol. The highest BCUT2D eigenvalue weighted by Gasteiger charge is 2.14. The first-order valence-electron chi connectivity index (χ1n) is 6.59. The van der Waals surface area contributed by atoms with E-state index in [1.807, 2.05) is 12.1 Å². The lowest BCUT2D eigenvalue weighted by Crippen LogP contribution is -2.27. The number of carbonyl (C=O) groups is 1. The van der Waals surface area contributed by atoms with E-state index < -0.39 is 0 Å². The molecule has 1 aromatic carbocycles. The van der Waals surface area contributed by atoms with Crippen LogP contribution in [0.25, 0.3) is 0 Å². The number of carbonyl (C=O) groups excluding carboxylic acids is 1. The van der Waals surface area contributed by atoms with Crippen molar-refractivity contribution in [1.82, 2.24) is 25.9 Å². The molecule has 0 fully saturated rings. The van der Waals surface area contributed by atoms with Crippen molar-refractivity contribution in [3.05, 3.63) is 35.7 Å². The molecule has 0 bridgehead atoms. The molecular weight excluding hydrogens is 256 g/mol. The van der Waals surface area contributed by atoms with Crippen LogP contribution in [0.3, 0.4) is 0 Å². The molecule has 0 aliphatic heterocycles. The van der Waals surface area contributed by atoms with Crippen LogP contribution < -0.4 is 10.6 Å². The van der Waals surface area contributed by atoms with Crippen molar-refractivity contribution in [3.8, 4) is 0 Å². The molecule has 7 nitrogen and oxygen atoms in total. The second-order valence-electron chi connectivity index (χ2n) is 4.47. The molecule has 0 radical (unpaired) electrons. The molecule has 2 aromatic rings. The van der Waals surface area contributed by atoms with Gasteiger partial charge >= 0.3 is 0 Å². The fraction of sp³-hybridized carbons (Fsp3) is 0.385. The number of anilines is 1. The van der Waals surface area contributed by atoms with E-state index in [4.69, 9.17) is 0 Å². The maximum absolute atomic E-state index is 12.1. The van der Waals surface area contributed by atoms with E-state index in [0.29, 0.717) is 11.4 Å². The van der Waals surface area contributed by atoms with Crippen LogP contribution in [0, 0.1) is 0 Å². The van der Waals surface area contributed by atoms with Crippen molar-refractivity contribution in [2.24, 2.45) is 0 Å². The van der Waals surface area contributed by atoms with E-state index in [0.717, 1.165) is 18.7 Å². The van der Waals surface area contributed by atoms with Crippen molar-refractivity contribution in [3.63, 3.8) is 0 Å². The highest BCUT2D eigenvalue weighted by atomic mass is 16.1. The summed E-state index contributed by atoms with van der Waals surface area (Å²) in [5.41, 5.74) is 1.61. The van der Waals surface area contributed by atoms with E-state index in [9.17, 15) is 4.79 Å². The number of aromatic nitrogens is 4. The molecule has 1 atom stereocenters. The van der Waals surface area contributed by atoms with Gasteiger partial charge in [0.25, 0.3) is 5.91 Å². The number of benzene rings is 1. The molecule has 7 heteroatoms. The summed E-state index contributed by atoms with van der Waals surface area (Å²) < 4.78 is 0. The summed E-state index contributed by atoms with van der Waals surface area (Å²) in [6.07, 6.45) is 1.06. The topological polar surface area (TPSA) is 95.6 Å². The fourth-order valence-corrected chi connectivity index (χ4v) is 1.71. The monoisotopic (exact) mass is 274 g/mol. The number of aromatic amines is 1. The van der Waals surface area contributed by atoms with Crippen molar-refractivity contribution in [2.75, 3.05) is 11.9 Å². The third-order valence-electron chi connectivity index (χ3n) is 2.82. The molecule has 0 saturated heterocycles. The van der Waals surface area contributed by atoms with Crippen LogP contribution in [0.15, 0.2) is 24.3 Å². The standard InChI is InChI=1S/C13H18N6O/c1-3-8-14-11-6-4-10(5-7-11)13(20)15-9(2)12-16-18-19-17-12/h4-7,9,14H,3,8H2,1-2H3,(H,15,20)(H,16,17,18,19). The van der Waals surface area contributed by atoms with Crippen molar-refractivity contribution >= 4 is 11.6 Å². The highest BCUT2D eigenvalue weighted by Crippen LogP contribution is 2.11. The van der Waals surface area contributed by atoms with Gasteiger partial charge in [-0.05, 0) is 37.6 Å². The first-order valence-corrected chi connectivity index (χ1v) is 6.59. The van der Waals surface area contributed by atoms with Gasteiger partial charge in [0, 0.05) is 17.8 Å². The molecule has 2 rings (SSSR count). The van der Waals surface area contributed by atoms with Gasteiger partial charge < -0.3 is 10.6 Å². The second-order valence-corrected chi connectivity index (χ2v) is 4.47. The number of hydrogen-bond donors (Lipinski definition) is 3. The Balaban J connectivity index is 1.95. The van der Waals surface area contributed by atoms with Crippen LogP contribution in [0.4, 0.5) is 5.69 Å². The number of hydrogen-bond acceptors (Lipinski definition) is 5. The van der Waals surface area contributed by atoms with Crippen molar-refractivity contribution in [2.45, 2.75) is 26.3 Å². The molecule has 1 amide bonds. The van der Waals surface area contributed by atoms with E-state index in [1.165, 1.54) is 0 Å². The highest BCUT2D eigenvalue weighted by molar-refractivity contribution is 5.94. The first-order chi connectivity index (χ1) is 9.70. The Morgan fingerprint density at radius 2 is 2.10 bits per heavy atom. The molecule has 0 aliphatic rings. The van der Waals surface area contributed by atoms with Gasteiger partial charge in [0.1, 0.15) is 0 Å². The summed E-state index contributed by atoms with van der Waals surface area (Å²) in [5, 5.41) is 19.6. The van der Waals surface area contributed by atoms with E-state index in [1.54, 1.807) is 19.1 Å². The molecule has 20 heavy (non-hydrogen) atoms. The lowest BCUT2D eigenvalue weighted by atomic mass is 10.1. The predicted molar refractivity (Wildman–Crippen MR) is 75.3 cm³/mol. The molecule has 1 heterocycles. The Bertz CT molecular complexity index is 536. The average Bonchev–Trinajstić information content (AvgIpc) is 3.00. The minimum absolute atomic E-state index is 0.163. The molecule has 1 unspecified atom stereocenters. The quantitative estimate of drug-likeness (QED) is 0.742. The van der Waals surface area contributed by atoms with Gasteiger partial charge in [0.05, 0.1) is 6.04 Å². The van der Waals surface area contributed by atoms with E-state index in [-0.39, 0.29) is 11.9 Å². The largest absolute Gasteiger partial charge is 0.385 e. The SMILES string of the molecule is CCCNc1ccc(C(=O)NC(C)c2nn[nH]n2)cc1. The Hall–Kier alpha value is -2.44.